The Morgan fingerprint density at radius 3 is 2.89 bits per heavy atom. The van der Waals surface area contributed by atoms with Crippen molar-refractivity contribution in [3.05, 3.63) is 35.9 Å². The molecule has 0 spiro atoms. The van der Waals surface area contributed by atoms with Crippen molar-refractivity contribution in [2.24, 2.45) is 5.73 Å². The quantitative estimate of drug-likeness (QED) is 0.920. The summed E-state index contributed by atoms with van der Waals surface area (Å²) < 4.78 is 0. The van der Waals surface area contributed by atoms with Gasteiger partial charge in [0.25, 0.3) is 0 Å². The molecule has 1 aliphatic heterocycles. The minimum atomic E-state index is 0.0956. The molecule has 0 bridgehead atoms. The lowest BCUT2D eigenvalue weighted by molar-refractivity contribution is -0.133. The average Bonchev–Trinajstić information content (AvgIpc) is 2.45. The van der Waals surface area contributed by atoms with Crippen LogP contribution in [0.5, 0.6) is 0 Å². The summed E-state index contributed by atoms with van der Waals surface area (Å²) in [7, 11) is 0. The van der Waals surface area contributed by atoms with Crippen LogP contribution in [0.1, 0.15) is 31.4 Å². The zero-order valence-electron chi connectivity index (χ0n) is 11.4. The first-order valence-corrected chi connectivity index (χ1v) is 8.01. The van der Waals surface area contributed by atoms with E-state index in [0.29, 0.717) is 6.42 Å². The first-order chi connectivity index (χ1) is 9.18. The number of carbonyl (C=O) groups excluding carboxylic acids is 1. The van der Waals surface area contributed by atoms with E-state index in [9.17, 15) is 4.79 Å². The second kappa shape index (κ2) is 6.96. The fraction of sp³-hybridized carbons (Fsp3) is 0.533. The molecule has 3 nitrogen and oxygen atoms in total. The minimum Gasteiger partial charge on any atom is -0.334 e. The summed E-state index contributed by atoms with van der Waals surface area (Å²) in [4.78, 5) is 14.4. The first-order valence-electron chi connectivity index (χ1n) is 6.86. The van der Waals surface area contributed by atoms with Crippen LogP contribution in [0, 0.1) is 0 Å². The molecule has 1 aromatic rings. The van der Waals surface area contributed by atoms with Gasteiger partial charge >= 0.3 is 0 Å². The summed E-state index contributed by atoms with van der Waals surface area (Å²) >= 11 is 1.92. The number of amides is 1. The van der Waals surface area contributed by atoms with Gasteiger partial charge in [-0.15, -0.1) is 0 Å². The van der Waals surface area contributed by atoms with E-state index in [4.69, 9.17) is 5.73 Å². The number of carbonyl (C=O) groups is 1. The molecular weight excluding hydrogens is 256 g/mol. The fourth-order valence-electron chi connectivity index (χ4n) is 2.35. The van der Waals surface area contributed by atoms with Crippen molar-refractivity contribution in [2.75, 3.05) is 18.1 Å². The number of nitrogens with two attached hydrogens (primary N) is 1. The second-order valence-electron chi connectivity index (χ2n) is 5.10. The van der Waals surface area contributed by atoms with Crippen LogP contribution >= 0.6 is 11.8 Å². The number of hydrogen-bond donors (Lipinski definition) is 1. The Morgan fingerprint density at radius 1 is 1.47 bits per heavy atom. The van der Waals surface area contributed by atoms with E-state index in [1.807, 2.05) is 41.8 Å². The molecular formula is C15H22N2OS. The number of hydrogen-bond acceptors (Lipinski definition) is 3. The van der Waals surface area contributed by atoms with E-state index in [1.54, 1.807) is 0 Å². The zero-order chi connectivity index (χ0) is 13.7. The molecule has 1 fully saturated rings. The van der Waals surface area contributed by atoms with Crippen molar-refractivity contribution in [3.8, 4) is 0 Å². The van der Waals surface area contributed by atoms with E-state index in [0.717, 1.165) is 24.5 Å². The Morgan fingerprint density at radius 2 is 2.21 bits per heavy atom. The molecule has 0 radical (unpaired) electrons. The summed E-state index contributed by atoms with van der Waals surface area (Å²) in [5.41, 5.74) is 6.98. The lowest BCUT2D eigenvalue weighted by atomic mass is 10.1. The maximum Gasteiger partial charge on any atom is 0.223 e. The number of rotatable bonds is 4. The van der Waals surface area contributed by atoms with Crippen LogP contribution in [0.3, 0.4) is 0 Å². The van der Waals surface area contributed by atoms with Crippen LogP contribution < -0.4 is 5.73 Å². The van der Waals surface area contributed by atoms with Gasteiger partial charge in [0.15, 0.2) is 0 Å². The topological polar surface area (TPSA) is 46.3 Å². The Kier molecular flexibility index (Phi) is 5.28. The number of thioether (sulfide) groups is 1. The summed E-state index contributed by atoms with van der Waals surface area (Å²) in [6.45, 7) is 2.80. The molecule has 0 aliphatic carbocycles. The molecule has 2 rings (SSSR count). The van der Waals surface area contributed by atoms with Gasteiger partial charge in [-0.25, -0.2) is 0 Å². The number of benzene rings is 1. The van der Waals surface area contributed by atoms with E-state index >= 15 is 0 Å². The lowest BCUT2D eigenvalue weighted by Gasteiger charge is -2.36. The first kappa shape index (κ1) is 14.4. The second-order valence-corrected chi connectivity index (χ2v) is 6.25. The monoisotopic (exact) mass is 278 g/mol. The Bertz CT molecular complexity index is 408. The molecule has 19 heavy (non-hydrogen) atoms. The van der Waals surface area contributed by atoms with Crippen LogP contribution in [-0.4, -0.2) is 34.9 Å². The van der Waals surface area contributed by atoms with Gasteiger partial charge in [-0.05, 0) is 18.9 Å². The van der Waals surface area contributed by atoms with E-state index in [1.165, 1.54) is 5.56 Å². The normalized spacial score (nSPS) is 21.2. The molecule has 2 atom stereocenters. The van der Waals surface area contributed by atoms with Crippen molar-refractivity contribution in [2.45, 2.75) is 31.8 Å². The van der Waals surface area contributed by atoms with Gasteiger partial charge in [0.05, 0.1) is 6.04 Å². The van der Waals surface area contributed by atoms with Gasteiger partial charge < -0.3 is 10.6 Å². The van der Waals surface area contributed by atoms with E-state index in [-0.39, 0.29) is 18.0 Å². The van der Waals surface area contributed by atoms with Gasteiger partial charge in [0.1, 0.15) is 0 Å². The molecule has 1 heterocycles. The fourth-order valence-corrected chi connectivity index (χ4v) is 3.44. The van der Waals surface area contributed by atoms with Crippen molar-refractivity contribution >= 4 is 17.7 Å². The minimum absolute atomic E-state index is 0.0956. The molecule has 0 aromatic heterocycles. The zero-order valence-corrected chi connectivity index (χ0v) is 12.2. The third-order valence-electron chi connectivity index (χ3n) is 3.45. The van der Waals surface area contributed by atoms with Gasteiger partial charge in [-0.1, -0.05) is 30.3 Å². The molecule has 1 amide bonds. The van der Waals surface area contributed by atoms with Crippen LogP contribution in [0.25, 0.3) is 0 Å². The molecule has 2 N–H and O–H groups in total. The highest BCUT2D eigenvalue weighted by atomic mass is 32.2. The summed E-state index contributed by atoms with van der Waals surface area (Å²) in [5.74, 6) is 2.27. The average molecular weight is 278 g/mol. The molecule has 4 heteroatoms. The van der Waals surface area contributed by atoms with Crippen LogP contribution in [0.15, 0.2) is 30.3 Å². The van der Waals surface area contributed by atoms with E-state index < -0.39 is 0 Å². The van der Waals surface area contributed by atoms with Gasteiger partial charge in [0, 0.05) is 30.5 Å². The van der Waals surface area contributed by atoms with Crippen LogP contribution in [-0.2, 0) is 4.79 Å². The maximum absolute atomic E-state index is 12.3. The van der Waals surface area contributed by atoms with Crippen molar-refractivity contribution in [1.29, 1.82) is 0 Å². The Balaban J connectivity index is 2.06. The molecule has 1 aromatic carbocycles. The van der Waals surface area contributed by atoms with Crippen LogP contribution in [0.2, 0.25) is 0 Å². The summed E-state index contributed by atoms with van der Waals surface area (Å²) in [6, 6.07) is 10.6. The highest BCUT2D eigenvalue weighted by molar-refractivity contribution is 7.99. The van der Waals surface area contributed by atoms with Crippen molar-refractivity contribution < 1.29 is 4.79 Å². The van der Waals surface area contributed by atoms with Gasteiger partial charge in [-0.3, -0.25) is 4.79 Å². The maximum atomic E-state index is 12.3. The molecule has 2 unspecified atom stereocenters. The summed E-state index contributed by atoms with van der Waals surface area (Å²) in [6.07, 6.45) is 1.33. The Hall–Kier alpha value is -1.00. The molecule has 1 aliphatic rings. The lowest BCUT2D eigenvalue weighted by Crippen LogP contribution is -2.41. The predicted molar refractivity (Wildman–Crippen MR) is 81.1 cm³/mol. The highest BCUT2D eigenvalue weighted by Gasteiger charge is 2.27. The molecule has 0 saturated carbocycles. The SMILES string of the molecule is CC(N)CCC(=O)N1CCSCC1c1ccccc1. The predicted octanol–water partition coefficient (Wildman–Crippen LogP) is 2.43. The smallest absolute Gasteiger partial charge is 0.223 e. The van der Waals surface area contributed by atoms with Gasteiger partial charge in [0.2, 0.25) is 5.91 Å². The van der Waals surface area contributed by atoms with Gasteiger partial charge in [-0.2, -0.15) is 11.8 Å². The Labute approximate surface area is 119 Å². The molecule has 104 valence electrons. The van der Waals surface area contributed by atoms with Crippen molar-refractivity contribution in [3.63, 3.8) is 0 Å². The standard InChI is InChI=1S/C15H22N2OS/c1-12(16)7-8-15(18)17-9-10-19-11-14(17)13-5-3-2-4-6-13/h2-6,12,14H,7-11,16H2,1H3. The third-order valence-corrected chi connectivity index (χ3v) is 4.47. The summed E-state index contributed by atoms with van der Waals surface area (Å²) in [5, 5.41) is 0. The van der Waals surface area contributed by atoms with Crippen LogP contribution in [0.4, 0.5) is 0 Å². The third kappa shape index (κ3) is 3.98. The largest absolute Gasteiger partial charge is 0.334 e. The molecule has 1 saturated heterocycles. The highest BCUT2D eigenvalue weighted by Crippen LogP contribution is 2.30. The van der Waals surface area contributed by atoms with Crippen molar-refractivity contribution in [1.82, 2.24) is 4.90 Å². The number of nitrogens with zero attached hydrogens (tertiary/aromatic N) is 1. The van der Waals surface area contributed by atoms with E-state index in [2.05, 4.69) is 12.1 Å².